The number of halogens is 1. The van der Waals surface area contributed by atoms with Crippen LogP contribution in [0.1, 0.15) is 51.0 Å². The molecule has 2 rings (SSSR count). The number of hydrogen-bond donors (Lipinski definition) is 1. The van der Waals surface area contributed by atoms with Gasteiger partial charge >= 0.3 is 0 Å². The number of nitrogens with one attached hydrogen (secondary N) is 1. The van der Waals surface area contributed by atoms with Gasteiger partial charge in [-0.25, -0.2) is 0 Å². The minimum absolute atomic E-state index is 0.166. The minimum Gasteiger partial charge on any atom is -0.381 e. The Kier molecular flexibility index (Phi) is 5.62. The van der Waals surface area contributed by atoms with Crippen LogP contribution in [-0.2, 0) is 0 Å². The van der Waals surface area contributed by atoms with E-state index in [9.17, 15) is 10.1 Å². The quantitative estimate of drug-likeness (QED) is 0.565. The summed E-state index contributed by atoms with van der Waals surface area (Å²) in [5, 5.41) is 14.5. The molecule has 0 radical (unpaired) electrons. The van der Waals surface area contributed by atoms with Crippen LogP contribution < -0.4 is 5.32 Å². The lowest BCUT2D eigenvalue weighted by Gasteiger charge is -2.30. The third-order valence-corrected chi connectivity index (χ3v) is 5.04. The molecule has 0 spiro atoms. The summed E-state index contributed by atoms with van der Waals surface area (Å²) in [5.74, 6) is 0.884. The fraction of sp³-hybridized carbons (Fsp3) is 0.625. The molecular formula is C16H23BrN2O2. The van der Waals surface area contributed by atoms with E-state index >= 15 is 0 Å². The average Bonchev–Trinajstić information content (AvgIpc) is 2.44. The Bertz CT molecular complexity index is 511. The molecule has 1 aliphatic rings. The van der Waals surface area contributed by atoms with Crippen LogP contribution in [0.3, 0.4) is 0 Å². The predicted octanol–water partition coefficient (Wildman–Crippen LogP) is 5.44. The Hall–Kier alpha value is -1.10. The first-order valence-electron chi connectivity index (χ1n) is 7.72. The van der Waals surface area contributed by atoms with Gasteiger partial charge < -0.3 is 5.32 Å². The van der Waals surface area contributed by atoms with E-state index in [4.69, 9.17) is 0 Å². The van der Waals surface area contributed by atoms with Crippen LogP contribution in [0.5, 0.6) is 0 Å². The van der Waals surface area contributed by atoms with Crippen LogP contribution in [0.15, 0.2) is 16.6 Å². The Morgan fingerprint density at radius 3 is 2.57 bits per heavy atom. The van der Waals surface area contributed by atoms with E-state index in [1.807, 2.05) is 6.07 Å². The summed E-state index contributed by atoms with van der Waals surface area (Å²) in [4.78, 5) is 10.6. The number of aryl methyl sites for hydroxylation is 1. The van der Waals surface area contributed by atoms with Gasteiger partial charge in [-0.3, -0.25) is 10.1 Å². The smallest absolute Gasteiger partial charge is 0.273 e. The van der Waals surface area contributed by atoms with Crippen LogP contribution in [0.4, 0.5) is 11.4 Å². The first-order valence-corrected chi connectivity index (χ1v) is 8.51. The number of benzene rings is 1. The normalized spacial score (nSPS) is 22.0. The topological polar surface area (TPSA) is 55.2 Å². The first-order chi connectivity index (χ1) is 10.0. The molecule has 0 aliphatic heterocycles. The summed E-state index contributed by atoms with van der Waals surface area (Å²) in [6, 6.07) is 3.95. The molecule has 0 heterocycles. The molecule has 116 valence electrons. The molecule has 0 bridgehead atoms. The lowest BCUT2D eigenvalue weighted by atomic mass is 9.83. The predicted molar refractivity (Wildman–Crippen MR) is 89.8 cm³/mol. The summed E-state index contributed by atoms with van der Waals surface area (Å²) in [6.07, 6.45) is 7.56. The second-order valence-corrected chi connectivity index (χ2v) is 6.88. The largest absolute Gasteiger partial charge is 0.381 e. The first kappa shape index (κ1) is 16.3. The molecule has 21 heavy (non-hydrogen) atoms. The highest BCUT2D eigenvalue weighted by Gasteiger charge is 2.22. The van der Waals surface area contributed by atoms with Crippen molar-refractivity contribution < 1.29 is 4.92 Å². The van der Waals surface area contributed by atoms with E-state index in [2.05, 4.69) is 28.2 Å². The van der Waals surface area contributed by atoms with E-state index in [1.165, 1.54) is 38.5 Å². The molecular weight excluding hydrogens is 332 g/mol. The van der Waals surface area contributed by atoms with Gasteiger partial charge in [0.2, 0.25) is 0 Å². The molecule has 5 heteroatoms. The van der Waals surface area contributed by atoms with Gasteiger partial charge in [-0.05, 0) is 60.5 Å². The minimum atomic E-state index is -0.334. The van der Waals surface area contributed by atoms with Crippen molar-refractivity contribution >= 4 is 27.3 Å². The molecule has 1 N–H and O–H groups in total. The van der Waals surface area contributed by atoms with Crippen LogP contribution in [0.25, 0.3) is 0 Å². The summed E-state index contributed by atoms with van der Waals surface area (Å²) in [7, 11) is 0. The molecule has 1 aromatic rings. The summed E-state index contributed by atoms with van der Waals surface area (Å²) in [6.45, 7) is 4.04. The maximum atomic E-state index is 10.9. The molecule has 0 unspecified atom stereocenters. The molecule has 1 aromatic carbocycles. The van der Waals surface area contributed by atoms with E-state index in [1.54, 1.807) is 13.0 Å². The summed E-state index contributed by atoms with van der Waals surface area (Å²) >= 11 is 3.45. The van der Waals surface area contributed by atoms with Crippen molar-refractivity contribution in [3.8, 4) is 0 Å². The Morgan fingerprint density at radius 1 is 1.33 bits per heavy atom. The maximum Gasteiger partial charge on any atom is 0.273 e. The number of anilines is 1. The van der Waals surface area contributed by atoms with Gasteiger partial charge in [0.25, 0.3) is 5.69 Å². The van der Waals surface area contributed by atoms with Crippen molar-refractivity contribution in [1.29, 1.82) is 0 Å². The van der Waals surface area contributed by atoms with Crippen molar-refractivity contribution in [2.45, 2.75) is 58.4 Å². The zero-order valence-electron chi connectivity index (χ0n) is 12.7. The molecule has 0 aromatic heterocycles. The van der Waals surface area contributed by atoms with E-state index in [0.29, 0.717) is 11.6 Å². The SMILES string of the molecule is CCCC1CCC(Nc2cc(C)c([N+](=O)[O-])cc2Br)CC1. The van der Waals surface area contributed by atoms with Gasteiger partial charge in [0.05, 0.1) is 4.92 Å². The van der Waals surface area contributed by atoms with Gasteiger partial charge in [-0.2, -0.15) is 0 Å². The Balaban J connectivity index is 2.01. The van der Waals surface area contributed by atoms with E-state index in [-0.39, 0.29) is 10.6 Å². The highest BCUT2D eigenvalue weighted by Crippen LogP contribution is 2.34. The fourth-order valence-electron chi connectivity index (χ4n) is 3.20. The average molecular weight is 355 g/mol. The molecule has 0 saturated heterocycles. The molecule has 4 nitrogen and oxygen atoms in total. The number of nitro groups is 1. The Morgan fingerprint density at radius 2 is 2.00 bits per heavy atom. The number of rotatable bonds is 5. The third-order valence-electron chi connectivity index (χ3n) is 4.39. The Labute approximate surface area is 134 Å². The van der Waals surface area contributed by atoms with E-state index in [0.717, 1.165) is 16.1 Å². The molecule has 1 fully saturated rings. The lowest BCUT2D eigenvalue weighted by molar-refractivity contribution is -0.385. The summed E-state index contributed by atoms with van der Waals surface area (Å²) < 4.78 is 0.774. The van der Waals surface area contributed by atoms with Crippen molar-refractivity contribution in [1.82, 2.24) is 0 Å². The number of nitrogens with zero attached hydrogens (tertiary/aromatic N) is 1. The lowest BCUT2D eigenvalue weighted by Crippen LogP contribution is -2.26. The number of nitro benzene ring substituents is 1. The van der Waals surface area contributed by atoms with Crippen molar-refractivity contribution in [2.24, 2.45) is 5.92 Å². The highest BCUT2D eigenvalue weighted by molar-refractivity contribution is 9.10. The second-order valence-electron chi connectivity index (χ2n) is 6.03. The fourth-order valence-corrected chi connectivity index (χ4v) is 3.65. The maximum absolute atomic E-state index is 10.9. The molecule has 0 amide bonds. The molecule has 0 atom stereocenters. The van der Waals surface area contributed by atoms with Crippen LogP contribution in [-0.4, -0.2) is 11.0 Å². The van der Waals surface area contributed by atoms with E-state index < -0.39 is 0 Å². The zero-order valence-corrected chi connectivity index (χ0v) is 14.3. The highest BCUT2D eigenvalue weighted by atomic mass is 79.9. The van der Waals surface area contributed by atoms with Gasteiger partial charge in [0.15, 0.2) is 0 Å². The monoisotopic (exact) mass is 354 g/mol. The van der Waals surface area contributed by atoms with Crippen LogP contribution in [0.2, 0.25) is 0 Å². The van der Waals surface area contributed by atoms with Gasteiger partial charge in [-0.1, -0.05) is 19.8 Å². The van der Waals surface area contributed by atoms with Crippen molar-refractivity contribution in [2.75, 3.05) is 5.32 Å². The van der Waals surface area contributed by atoms with Crippen molar-refractivity contribution in [3.63, 3.8) is 0 Å². The second kappa shape index (κ2) is 7.25. The van der Waals surface area contributed by atoms with Crippen LogP contribution >= 0.6 is 15.9 Å². The summed E-state index contributed by atoms with van der Waals surface area (Å²) in [5.41, 5.74) is 1.83. The van der Waals surface area contributed by atoms with Crippen LogP contribution in [0, 0.1) is 23.0 Å². The third kappa shape index (κ3) is 4.19. The van der Waals surface area contributed by atoms with Gasteiger partial charge in [0, 0.05) is 27.8 Å². The standard InChI is InChI=1S/C16H23BrN2O2/c1-3-4-12-5-7-13(8-6-12)18-15-9-11(2)16(19(20)21)10-14(15)17/h9-10,12-13,18H,3-8H2,1-2H3. The van der Waals surface area contributed by atoms with Gasteiger partial charge in [0.1, 0.15) is 0 Å². The molecule has 1 aliphatic carbocycles. The van der Waals surface area contributed by atoms with Crippen molar-refractivity contribution in [3.05, 3.63) is 32.3 Å². The van der Waals surface area contributed by atoms with Gasteiger partial charge in [-0.15, -0.1) is 0 Å². The number of hydrogen-bond acceptors (Lipinski definition) is 3. The zero-order chi connectivity index (χ0) is 15.4. The molecule has 1 saturated carbocycles.